The van der Waals surface area contributed by atoms with Crippen LogP contribution in [0.15, 0.2) is 0 Å². The Labute approximate surface area is 93.2 Å². The van der Waals surface area contributed by atoms with Crippen molar-refractivity contribution in [3.05, 3.63) is 5.15 Å². The molecule has 3 nitrogen and oxygen atoms in total. The van der Waals surface area contributed by atoms with E-state index >= 15 is 0 Å². The fourth-order valence-corrected chi connectivity index (χ4v) is 2.62. The lowest BCUT2D eigenvalue weighted by Crippen LogP contribution is -2.10. The fraction of sp³-hybridized carbons (Fsp3) is 0.778. The van der Waals surface area contributed by atoms with Gasteiger partial charge in [0.25, 0.3) is 0 Å². The van der Waals surface area contributed by atoms with E-state index in [4.69, 9.17) is 11.6 Å². The van der Waals surface area contributed by atoms with Crippen molar-refractivity contribution < 1.29 is 0 Å². The van der Waals surface area contributed by atoms with Crippen LogP contribution in [-0.2, 0) is 0 Å². The van der Waals surface area contributed by atoms with Crippen molar-refractivity contribution in [2.45, 2.75) is 33.7 Å². The third-order valence-electron chi connectivity index (χ3n) is 3.75. The van der Waals surface area contributed by atoms with E-state index in [1.54, 1.807) is 0 Å². The quantitative estimate of drug-likeness (QED) is 0.850. The summed E-state index contributed by atoms with van der Waals surface area (Å²) in [5.41, 5.74) is 0.583. The van der Waals surface area contributed by atoms with Gasteiger partial charge in [0, 0.05) is 6.04 Å². The summed E-state index contributed by atoms with van der Waals surface area (Å²) in [6, 6.07) is 0.427. The summed E-state index contributed by atoms with van der Waals surface area (Å²) in [6.45, 7) is 8.99. The number of anilines is 1. The first-order valence-corrected chi connectivity index (χ1v) is 5.73. The summed E-state index contributed by atoms with van der Waals surface area (Å²) >= 11 is 7.01. The van der Waals surface area contributed by atoms with E-state index in [9.17, 15) is 0 Å². The Morgan fingerprint density at radius 2 is 1.79 bits per heavy atom. The van der Waals surface area contributed by atoms with Gasteiger partial charge in [-0.1, -0.05) is 39.3 Å². The van der Waals surface area contributed by atoms with Crippen LogP contribution in [-0.4, -0.2) is 14.8 Å². The molecule has 1 heterocycles. The second-order valence-corrected chi connectivity index (χ2v) is 5.81. The molecule has 0 radical (unpaired) electrons. The van der Waals surface area contributed by atoms with E-state index in [2.05, 4.69) is 41.8 Å². The molecule has 1 fully saturated rings. The van der Waals surface area contributed by atoms with Gasteiger partial charge in [0.2, 0.25) is 0 Å². The average Bonchev–Trinajstić information content (AvgIpc) is 2.46. The molecule has 1 aromatic rings. The largest absolute Gasteiger partial charge is 0.363 e. The van der Waals surface area contributed by atoms with Crippen molar-refractivity contribution >= 4 is 29.1 Å². The van der Waals surface area contributed by atoms with Crippen molar-refractivity contribution in [2.24, 2.45) is 10.8 Å². The van der Waals surface area contributed by atoms with Crippen molar-refractivity contribution in [3.8, 4) is 0 Å². The van der Waals surface area contributed by atoms with Crippen LogP contribution in [0.4, 0.5) is 5.82 Å². The smallest absolute Gasteiger partial charge is 0.186 e. The van der Waals surface area contributed by atoms with Crippen molar-refractivity contribution in [1.29, 1.82) is 0 Å². The molecule has 0 spiro atoms. The maximum Gasteiger partial charge on any atom is 0.186 e. The summed E-state index contributed by atoms with van der Waals surface area (Å²) in [5, 5.41) is 3.83. The van der Waals surface area contributed by atoms with Crippen LogP contribution in [0.25, 0.3) is 0 Å². The van der Waals surface area contributed by atoms with Gasteiger partial charge in [-0.2, -0.15) is 8.75 Å². The minimum Gasteiger partial charge on any atom is -0.363 e. The molecule has 0 aliphatic heterocycles. The third-order valence-corrected chi connectivity index (χ3v) is 4.64. The topological polar surface area (TPSA) is 37.8 Å². The summed E-state index contributed by atoms with van der Waals surface area (Å²) in [7, 11) is 0. The van der Waals surface area contributed by atoms with Gasteiger partial charge in [-0.05, 0) is 10.8 Å². The number of nitrogens with zero attached hydrogens (tertiary/aromatic N) is 2. The molecule has 0 bridgehead atoms. The molecule has 0 atom stereocenters. The predicted octanol–water partition coefficient (Wildman–Crippen LogP) is 3.04. The molecular formula is C9H14ClN3S. The lowest BCUT2D eigenvalue weighted by atomic mass is 10.0. The standard InChI is InChI=1S/C9H14ClN3S/c1-8(2)7(9(8,3)4)11-6-5(10)12-14-13-6/h7H,1-4H3,(H,11,13). The van der Waals surface area contributed by atoms with Crippen LogP contribution in [0.1, 0.15) is 27.7 Å². The molecule has 0 amide bonds. The zero-order chi connectivity index (χ0) is 10.6. The van der Waals surface area contributed by atoms with E-state index < -0.39 is 0 Å². The van der Waals surface area contributed by atoms with Gasteiger partial charge in [-0.15, -0.1) is 0 Å². The van der Waals surface area contributed by atoms with Crippen molar-refractivity contribution in [3.63, 3.8) is 0 Å². The molecule has 14 heavy (non-hydrogen) atoms. The first-order valence-electron chi connectivity index (χ1n) is 4.62. The molecule has 78 valence electrons. The SMILES string of the molecule is CC1(C)C(Nc2nsnc2Cl)C1(C)C. The van der Waals surface area contributed by atoms with Gasteiger partial charge < -0.3 is 5.32 Å². The monoisotopic (exact) mass is 231 g/mol. The van der Waals surface area contributed by atoms with Crippen LogP contribution >= 0.6 is 23.3 Å². The van der Waals surface area contributed by atoms with Crippen LogP contribution in [0.5, 0.6) is 0 Å². The lowest BCUT2D eigenvalue weighted by Gasteiger charge is -2.03. The Kier molecular flexibility index (Phi) is 2.05. The van der Waals surface area contributed by atoms with Crippen molar-refractivity contribution in [1.82, 2.24) is 8.75 Å². The van der Waals surface area contributed by atoms with E-state index in [1.165, 1.54) is 0 Å². The highest BCUT2D eigenvalue weighted by atomic mass is 35.5. The van der Waals surface area contributed by atoms with E-state index in [-0.39, 0.29) is 0 Å². The normalized spacial score (nSPS) is 23.5. The highest BCUT2D eigenvalue weighted by Gasteiger charge is 2.65. The van der Waals surface area contributed by atoms with E-state index in [1.807, 2.05) is 0 Å². The molecule has 0 saturated heterocycles. The lowest BCUT2D eigenvalue weighted by molar-refractivity contribution is 0.457. The van der Waals surface area contributed by atoms with E-state index in [0.717, 1.165) is 17.5 Å². The summed E-state index contributed by atoms with van der Waals surface area (Å²) in [5.74, 6) is 0.723. The van der Waals surface area contributed by atoms with Crippen LogP contribution in [0.3, 0.4) is 0 Å². The molecule has 0 unspecified atom stereocenters. The number of nitrogens with one attached hydrogen (secondary N) is 1. The number of rotatable bonds is 2. The Balaban J connectivity index is 2.13. The minimum absolute atomic E-state index is 0.292. The van der Waals surface area contributed by atoms with Gasteiger partial charge in [-0.3, -0.25) is 0 Å². The maximum absolute atomic E-state index is 5.87. The van der Waals surface area contributed by atoms with Crippen LogP contribution < -0.4 is 5.32 Å². The van der Waals surface area contributed by atoms with E-state index in [0.29, 0.717) is 22.0 Å². The molecule has 1 aliphatic rings. The van der Waals surface area contributed by atoms with Gasteiger partial charge >= 0.3 is 0 Å². The Morgan fingerprint density at radius 1 is 1.21 bits per heavy atom. The second-order valence-electron chi connectivity index (χ2n) is 4.92. The molecule has 2 rings (SSSR count). The molecule has 1 N–H and O–H groups in total. The Hall–Kier alpha value is -0.350. The first kappa shape index (κ1) is 10.2. The third kappa shape index (κ3) is 1.24. The number of hydrogen-bond acceptors (Lipinski definition) is 4. The molecule has 5 heteroatoms. The molecule has 1 aliphatic carbocycles. The highest BCUT2D eigenvalue weighted by molar-refractivity contribution is 6.99. The van der Waals surface area contributed by atoms with Gasteiger partial charge in [0.1, 0.15) is 0 Å². The van der Waals surface area contributed by atoms with Crippen LogP contribution in [0.2, 0.25) is 5.15 Å². The molecular weight excluding hydrogens is 218 g/mol. The first-order chi connectivity index (χ1) is 6.37. The molecule has 1 saturated carbocycles. The van der Waals surface area contributed by atoms with Crippen molar-refractivity contribution in [2.75, 3.05) is 5.32 Å². The zero-order valence-electron chi connectivity index (χ0n) is 8.76. The summed E-state index contributed by atoms with van der Waals surface area (Å²) in [6.07, 6.45) is 0. The number of aromatic nitrogens is 2. The second kappa shape index (κ2) is 2.83. The molecule has 0 aromatic carbocycles. The maximum atomic E-state index is 5.87. The number of halogens is 1. The van der Waals surface area contributed by atoms with Gasteiger partial charge in [-0.25, -0.2) is 0 Å². The fourth-order valence-electron chi connectivity index (χ4n) is 1.96. The Bertz CT molecular complexity index is 345. The van der Waals surface area contributed by atoms with Crippen LogP contribution in [0, 0.1) is 10.8 Å². The highest BCUT2D eigenvalue weighted by Crippen LogP contribution is 2.63. The van der Waals surface area contributed by atoms with Gasteiger partial charge in [0.15, 0.2) is 11.0 Å². The average molecular weight is 232 g/mol. The Morgan fingerprint density at radius 3 is 2.14 bits per heavy atom. The zero-order valence-corrected chi connectivity index (χ0v) is 10.3. The molecule has 1 aromatic heterocycles. The minimum atomic E-state index is 0.292. The predicted molar refractivity (Wildman–Crippen MR) is 59.9 cm³/mol. The van der Waals surface area contributed by atoms with Gasteiger partial charge in [0.05, 0.1) is 11.7 Å². The number of hydrogen-bond donors (Lipinski definition) is 1. The summed E-state index contributed by atoms with van der Waals surface area (Å²) in [4.78, 5) is 0. The summed E-state index contributed by atoms with van der Waals surface area (Å²) < 4.78 is 8.04.